The largest absolute Gasteiger partial charge is 0.462 e. The first-order valence-corrected chi connectivity index (χ1v) is 11.4. The Morgan fingerprint density at radius 1 is 1.00 bits per heavy atom. The Kier molecular flexibility index (Phi) is 10.2. The summed E-state index contributed by atoms with van der Waals surface area (Å²) < 4.78 is 10.8. The zero-order valence-corrected chi connectivity index (χ0v) is 20.4. The maximum Gasteiger partial charge on any atom is 0.338 e. The van der Waals surface area contributed by atoms with Crippen LogP contribution in [0.1, 0.15) is 57.9 Å². The number of nitro benzene ring substituents is 1. The number of nitrogens with one attached hydrogen (secondary N) is 1. The van der Waals surface area contributed by atoms with Crippen LogP contribution in [0, 0.1) is 20.2 Å². The zero-order valence-electron chi connectivity index (χ0n) is 20.4. The van der Waals surface area contributed by atoms with Gasteiger partial charge >= 0.3 is 11.9 Å². The molecule has 13 heteroatoms. The first-order chi connectivity index (χ1) is 17.0. The maximum absolute atomic E-state index is 13.1. The number of carbonyl (C=O) groups is 2. The van der Waals surface area contributed by atoms with E-state index in [1.54, 1.807) is 20.8 Å². The Morgan fingerprint density at radius 2 is 1.61 bits per heavy atom. The number of benzene rings is 1. The molecule has 1 aromatic carbocycles. The van der Waals surface area contributed by atoms with Crippen molar-refractivity contribution in [1.82, 2.24) is 5.32 Å². The molecule has 0 aliphatic carbocycles. The molecule has 0 amide bonds. The summed E-state index contributed by atoms with van der Waals surface area (Å²) in [4.78, 5) is 51.0. The van der Waals surface area contributed by atoms with Gasteiger partial charge in [-0.15, -0.1) is 10.1 Å². The predicted octanol–water partition coefficient (Wildman–Crippen LogP) is 2.99. The van der Waals surface area contributed by atoms with Gasteiger partial charge in [0.05, 0.1) is 41.3 Å². The van der Waals surface area contributed by atoms with Crippen molar-refractivity contribution < 1.29 is 33.9 Å². The number of hydrogen-bond donors (Lipinski definition) is 2. The molecule has 1 aliphatic heterocycles. The number of rotatable bonds is 13. The number of nitro groups is 1. The summed E-state index contributed by atoms with van der Waals surface area (Å²) in [6, 6.07) is 5.47. The Labute approximate surface area is 207 Å². The van der Waals surface area contributed by atoms with Crippen molar-refractivity contribution in [3.8, 4) is 0 Å². The van der Waals surface area contributed by atoms with E-state index in [2.05, 4.69) is 10.2 Å². The molecule has 0 saturated carbocycles. The van der Waals surface area contributed by atoms with Crippen LogP contribution in [-0.2, 0) is 23.9 Å². The van der Waals surface area contributed by atoms with Gasteiger partial charge in [0.15, 0.2) is 0 Å². The third-order valence-corrected chi connectivity index (χ3v) is 5.28. The normalized spacial score (nSPS) is 15.4. The summed E-state index contributed by atoms with van der Waals surface area (Å²) in [7, 11) is 0. The van der Waals surface area contributed by atoms with E-state index in [9.17, 15) is 29.8 Å². The van der Waals surface area contributed by atoms with Crippen LogP contribution in [-0.4, -0.2) is 41.3 Å². The molecule has 3 N–H and O–H groups in total. The van der Waals surface area contributed by atoms with E-state index < -0.39 is 34.0 Å². The Hall–Kier alpha value is -4.16. The quantitative estimate of drug-likeness (QED) is 0.173. The predicted molar refractivity (Wildman–Crippen MR) is 126 cm³/mol. The fourth-order valence-electron chi connectivity index (χ4n) is 3.69. The van der Waals surface area contributed by atoms with E-state index in [1.807, 2.05) is 0 Å². The number of carbonyl (C=O) groups excluding carboxylic acids is 2. The lowest BCUT2D eigenvalue weighted by Gasteiger charge is -2.30. The fraction of sp³-hybridized carbons (Fsp3) is 0.478. The van der Waals surface area contributed by atoms with Gasteiger partial charge < -0.3 is 25.4 Å². The minimum absolute atomic E-state index is 0.000264. The number of nitrogens with two attached hydrogens (primary N) is 1. The van der Waals surface area contributed by atoms with E-state index in [0.717, 1.165) is 0 Å². The molecule has 196 valence electrons. The van der Waals surface area contributed by atoms with Gasteiger partial charge in [-0.25, -0.2) is 9.59 Å². The molecule has 1 aromatic rings. The molecule has 0 fully saturated rings. The summed E-state index contributed by atoms with van der Waals surface area (Å²) in [5.74, 6) is -2.38. The molecule has 0 saturated heterocycles. The SMILES string of the molecule is CC1=C(C(=O)OC(C)C)C(c2ccc([N+](=O)[O-])cc2)C(C(=O)OCCCCCCO[N+](=O)[O-])=C(N)N1. The van der Waals surface area contributed by atoms with Gasteiger partial charge in [0.2, 0.25) is 0 Å². The minimum atomic E-state index is -0.968. The third-order valence-electron chi connectivity index (χ3n) is 5.28. The Morgan fingerprint density at radius 3 is 2.17 bits per heavy atom. The summed E-state index contributed by atoms with van der Waals surface area (Å²) in [5, 5.41) is 23.2. The lowest BCUT2D eigenvalue weighted by molar-refractivity contribution is -0.757. The molecule has 0 bridgehead atoms. The molecule has 36 heavy (non-hydrogen) atoms. The average Bonchev–Trinajstić information content (AvgIpc) is 2.79. The highest BCUT2D eigenvalue weighted by Gasteiger charge is 2.39. The summed E-state index contributed by atoms with van der Waals surface area (Å²) in [6.07, 6.45) is 1.87. The summed E-state index contributed by atoms with van der Waals surface area (Å²) in [5.41, 5.74) is 6.95. The van der Waals surface area contributed by atoms with Crippen LogP contribution >= 0.6 is 0 Å². The Bertz CT molecular complexity index is 1050. The number of allylic oxidation sites excluding steroid dienone is 1. The second-order valence-corrected chi connectivity index (χ2v) is 8.33. The molecule has 1 heterocycles. The first kappa shape index (κ1) is 28.1. The highest BCUT2D eigenvalue weighted by Crippen LogP contribution is 2.39. The number of esters is 2. The number of hydrogen-bond acceptors (Lipinski definition) is 11. The molecule has 0 aromatic heterocycles. The van der Waals surface area contributed by atoms with Crippen molar-refractivity contribution in [3.63, 3.8) is 0 Å². The van der Waals surface area contributed by atoms with E-state index in [0.29, 0.717) is 36.9 Å². The van der Waals surface area contributed by atoms with Gasteiger partial charge in [-0.3, -0.25) is 10.1 Å². The highest BCUT2D eigenvalue weighted by molar-refractivity contribution is 5.99. The molecule has 0 spiro atoms. The number of ether oxygens (including phenoxy) is 2. The highest BCUT2D eigenvalue weighted by atomic mass is 16.9. The van der Waals surface area contributed by atoms with Crippen LogP contribution < -0.4 is 11.1 Å². The van der Waals surface area contributed by atoms with Gasteiger partial charge in [-0.05, 0) is 45.6 Å². The van der Waals surface area contributed by atoms with Crippen LogP contribution in [0.4, 0.5) is 5.69 Å². The van der Waals surface area contributed by atoms with Gasteiger partial charge in [-0.1, -0.05) is 18.6 Å². The van der Waals surface area contributed by atoms with Crippen LogP contribution in [0.2, 0.25) is 0 Å². The van der Waals surface area contributed by atoms with Crippen LogP contribution in [0.25, 0.3) is 0 Å². The van der Waals surface area contributed by atoms with E-state index in [1.165, 1.54) is 24.3 Å². The second kappa shape index (κ2) is 13.1. The smallest absolute Gasteiger partial charge is 0.338 e. The van der Waals surface area contributed by atoms with E-state index in [-0.39, 0.29) is 35.9 Å². The van der Waals surface area contributed by atoms with Crippen LogP contribution in [0.3, 0.4) is 0 Å². The van der Waals surface area contributed by atoms with Crippen molar-refractivity contribution >= 4 is 17.6 Å². The van der Waals surface area contributed by atoms with Crippen LogP contribution in [0.5, 0.6) is 0 Å². The van der Waals surface area contributed by atoms with Gasteiger partial charge in [0, 0.05) is 17.8 Å². The molecular weight excluding hydrogens is 476 g/mol. The van der Waals surface area contributed by atoms with E-state index in [4.69, 9.17) is 15.2 Å². The topological polar surface area (TPSA) is 186 Å². The number of non-ortho nitro benzene ring substituents is 1. The van der Waals surface area contributed by atoms with Crippen molar-refractivity contribution in [3.05, 3.63) is 72.7 Å². The van der Waals surface area contributed by atoms with Gasteiger partial charge in [0.1, 0.15) is 5.82 Å². The molecule has 1 atom stereocenters. The standard InChI is InChI=1S/C23H30N4O9/c1-14(2)36-23(29)18-15(3)25-21(24)20(19(18)16-8-10-17(11-9-16)26(30)31)22(28)34-12-6-4-5-7-13-35-27(32)33/h8-11,14,19,25H,4-7,12-13,24H2,1-3H3. The average molecular weight is 507 g/mol. The third kappa shape index (κ3) is 7.68. The molecule has 2 rings (SSSR count). The first-order valence-electron chi connectivity index (χ1n) is 11.4. The zero-order chi connectivity index (χ0) is 26.8. The van der Waals surface area contributed by atoms with Crippen molar-refractivity contribution in [2.75, 3.05) is 13.2 Å². The Balaban J connectivity index is 2.22. The lowest BCUT2D eigenvalue weighted by atomic mass is 9.81. The van der Waals surface area contributed by atoms with Crippen molar-refractivity contribution in [2.45, 2.75) is 58.5 Å². The molecule has 1 aliphatic rings. The molecule has 0 radical (unpaired) electrons. The fourth-order valence-corrected chi connectivity index (χ4v) is 3.69. The molecular formula is C23H30N4O9. The van der Waals surface area contributed by atoms with Gasteiger partial charge in [-0.2, -0.15) is 0 Å². The lowest BCUT2D eigenvalue weighted by Crippen LogP contribution is -2.36. The van der Waals surface area contributed by atoms with Crippen LogP contribution in [0.15, 0.2) is 46.9 Å². The van der Waals surface area contributed by atoms with E-state index >= 15 is 0 Å². The molecule has 13 nitrogen and oxygen atoms in total. The minimum Gasteiger partial charge on any atom is -0.462 e. The number of dihydropyridines is 1. The number of unbranched alkanes of at least 4 members (excludes halogenated alkanes) is 3. The second-order valence-electron chi connectivity index (χ2n) is 8.33. The summed E-state index contributed by atoms with van der Waals surface area (Å²) >= 11 is 0. The number of nitrogens with zero attached hydrogens (tertiary/aromatic N) is 2. The van der Waals surface area contributed by atoms with Crippen molar-refractivity contribution in [2.24, 2.45) is 5.73 Å². The van der Waals surface area contributed by atoms with Gasteiger partial charge in [0.25, 0.3) is 10.8 Å². The molecule has 1 unspecified atom stereocenters. The maximum atomic E-state index is 13.1. The van der Waals surface area contributed by atoms with Crippen molar-refractivity contribution in [1.29, 1.82) is 0 Å². The monoisotopic (exact) mass is 506 g/mol. The summed E-state index contributed by atoms with van der Waals surface area (Å²) in [6.45, 7) is 5.06.